The Labute approximate surface area is 151 Å². The lowest BCUT2D eigenvalue weighted by Crippen LogP contribution is -2.30. The molecule has 4 nitrogen and oxygen atoms in total. The summed E-state index contributed by atoms with van der Waals surface area (Å²) in [5, 5.41) is 3.96. The van der Waals surface area contributed by atoms with Gasteiger partial charge in [-0.15, -0.1) is 0 Å². The molecule has 0 radical (unpaired) electrons. The minimum Gasteiger partial charge on any atom is -0.495 e. The van der Waals surface area contributed by atoms with Crippen LogP contribution in [-0.4, -0.2) is 19.1 Å². The van der Waals surface area contributed by atoms with Crippen molar-refractivity contribution in [3.8, 4) is 11.5 Å². The molecule has 0 heterocycles. The van der Waals surface area contributed by atoms with Crippen LogP contribution in [0.15, 0.2) is 30.3 Å². The molecule has 2 aromatic carbocycles. The van der Waals surface area contributed by atoms with Gasteiger partial charge < -0.3 is 14.8 Å². The molecule has 0 fully saturated rings. The standard InChI is InChI=1S/C18H19Cl2NO3/c1-10-7-14(8-11(2)17(10)20)24-12(3)18(22)21-15-9-13(19)5-6-16(15)23-4/h5-9,12H,1-4H3,(H,21,22)/t12-/m0/s1. The quantitative estimate of drug-likeness (QED) is 0.806. The van der Waals surface area contributed by atoms with Gasteiger partial charge in [-0.2, -0.15) is 0 Å². The summed E-state index contributed by atoms with van der Waals surface area (Å²) in [6.07, 6.45) is -0.700. The number of rotatable bonds is 5. The predicted octanol–water partition coefficient (Wildman–Crippen LogP) is 5.02. The number of carbonyl (C=O) groups excluding carboxylic acids is 1. The third kappa shape index (κ3) is 4.34. The van der Waals surface area contributed by atoms with E-state index in [2.05, 4.69) is 5.32 Å². The Bertz CT molecular complexity index is 739. The zero-order chi connectivity index (χ0) is 17.9. The molecule has 24 heavy (non-hydrogen) atoms. The molecule has 0 aromatic heterocycles. The topological polar surface area (TPSA) is 47.6 Å². The molecule has 1 atom stereocenters. The lowest BCUT2D eigenvalue weighted by molar-refractivity contribution is -0.122. The van der Waals surface area contributed by atoms with Gasteiger partial charge in [0.25, 0.3) is 5.91 Å². The number of nitrogens with one attached hydrogen (secondary N) is 1. The van der Waals surface area contributed by atoms with Crippen molar-refractivity contribution in [2.24, 2.45) is 0 Å². The minimum atomic E-state index is -0.700. The Morgan fingerprint density at radius 1 is 1.12 bits per heavy atom. The SMILES string of the molecule is COc1ccc(Cl)cc1NC(=O)[C@H](C)Oc1cc(C)c(Cl)c(C)c1. The van der Waals surface area contributed by atoms with Crippen molar-refractivity contribution in [3.05, 3.63) is 51.5 Å². The van der Waals surface area contributed by atoms with E-state index >= 15 is 0 Å². The van der Waals surface area contributed by atoms with E-state index in [1.807, 2.05) is 13.8 Å². The van der Waals surface area contributed by atoms with Gasteiger partial charge >= 0.3 is 0 Å². The summed E-state index contributed by atoms with van der Waals surface area (Å²) in [6.45, 7) is 5.46. The minimum absolute atomic E-state index is 0.305. The van der Waals surface area contributed by atoms with Gasteiger partial charge in [0.05, 0.1) is 12.8 Å². The molecule has 2 rings (SSSR count). The van der Waals surface area contributed by atoms with Crippen molar-refractivity contribution in [3.63, 3.8) is 0 Å². The van der Waals surface area contributed by atoms with E-state index in [1.54, 1.807) is 37.3 Å². The molecule has 0 aliphatic rings. The molecule has 0 saturated carbocycles. The fraction of sp³-hybridized carbons (Fsp3) is 0.278. The predicted molar refractivity (Wildman–Crippen MR) is 97.6 cm³/mol. The molecule has 0 saturated heterocycles. The van der Waals surface area contributed by atoms with Crippen molar-refractivity contribution in [1.29, 1.82) is 0 Å². The second kappa shape index (κ2) is 7.77. The van der Waals surface area contributed by atoms with Crippen molar-refractivity contribution in [2.45, 2.75) is 26.9 Å². The highest BCUT2D eigenvalue weighted by molar-refractivity contribution is 6.32. The molecule has 0 unspecified atom stereocenters. The maximum atomic E-state index is 12.4. The summed E-state index contributed by atoms with van der Waals surface area (Å²) in [5.41, 5.74) is 2.29. The smallest absolute Gasteiger partial charge is 0.265 e. The first-order chi connectivity index (χ1) is 11.3. The van der Waals surface area contributed by atoms with Crippen molar-refractivity contribution < 1.29 is 14.3 Å². The van der Waals surface area contributed by atoms with Crippen LogP contribution in [0.3, 0.4) is 0 Å². The van der Waals surface area contributed by atoms with Crippen LogP contribution >= 0.6 is 23.2 Å². The second-order valence-electron chi connectivity index (χ2n) is 5.46. The molecule has 0 bridgehead atoms. The summed E-state index contributed by atoms with van der Waals surface area (Å²) in [6, 6.07) is 8.62. The maximum Gasteiger partial charge on any atom is 0.265 e. The molecule has 128 valence electrons. The number of hydrogen-bond donors (Lipinski definition) is 1. The largest absolute Gasteiger partial charge is 0.495 e. The first-order valence-electron chi connectivity index (χ1n) is 7.39. The molecule has 0 aliphatic carbocycles. The summed E-state index contributed by atoms with van der Waals surface area (Å²) in [7, 11) is 1.53. The number of ether oxygens (including phenoxy) is 2. The van der Waals surface area contributed by atoms with Crippen LogP contribution in [0.2, 0.25) is 10.0 Å². The van der Waals surface area contributed by atoms with Gasteiger partial charge in [0, 0.05) is 10.0 Å². The fourth-order valence-electron chi connectivity index (χ4n) is 2.24. The Morgan fingerprint density at radius 2 is 1.75 bits per heavy atom. The van der Waals surface area contributed by atoms with E-state index in [0.29, 0.717) is 27.2 Å². The Balaban J connectivity index is 2.12. The number of aryl methyl sites for hydroxylation is 2. The molecule has 6 heteroatoms. The third-order valence-corrected chi connectivity index (χ3v) is 4.34. The number of benzene rings is 2. The number of halogens is 2. The number of amides is 1. The van der Waals surface area contributed by atoms with Gasteiger partial charge in [-0.1, -0.05) is 23.2 Å². The van der Waals surface area contributed by atoms with Crippen LogP contribution in [0.5, 0.6) is 11.5 Å². The summed E-state index contributed by atoms with van der Waals surface area (Å²) < 4.78 is 10.9. The average Bonchev–Trinajstić information content (AvgIpc) is 2.52. The highest BCUT2D eigenvalue weighted by Gasteiger charge is 2.17. The van der Waals surface area contributed by atoms with E-state index in [4.69, 9.17) is 32.7 Å². The summed E-state index contributed by atoms with van der Waals surface area (Å²) >= 11 is 12.1. The number of hydrogen-bond acceptors (Lipinski definition) is 3. The number of methoxy groups -OCH3 is 1. The molecular formula is C18H19Cl2NO3. The van der Waals surface area contributed by atoms with E-state index in [9.17, 15) is 4.79 Å². The molecule has 1 N–H and O–H groups in total. The first-order valence-corrected chi connectivity index (χ1v) is 8.15. The van der Waals surface area contributed by atoms with Gasteiger partial charge in [0.2, 0.25) is 0 Å². The van der Waals surface area contributed by atoms with Gasteiger partial charge in [0.1, 0.15) is 11.5 Å². The van der Waals surface area contributed by atoms with Crippen LogP contribution in [0.25, 0.3) is 0 Å². The zero-order valence-electron chi connectivity index (χ0n) is 13.9. The molecule has 2 aromatic rings. The van der Waals surface area contributed by atoms with E-state index in [0.717, 1.165) is 11.1 Å². The van der Waals surface area contributed by atoms with Gasteiger partial charge in [-0.3, -0.25) is 4.79 Å². The van der Waals surface area contributed by atoms with Crippen LogP contribution in [0.4, 0.5) is 5.69 Å². The molecular weight excluding hydrogens is 349 g/mol. The molecule has 0 aliphatic heterocycles. The Morgan fingerprint density at radius 3 is 2.33 bits per heavy atom. The maximum absolute atomic E-state index is 12.4. The summed E-state index contributed by atoms with van der Waals surface area (Å²) in [5.74, 6) is 0.814. The van der Waals surface area contributed by atoms with Crippen LogP contribution < -0.4 is 14.8 Å². The van der Waals surface area contributed by atoms with Crippen molar-refractivity contribution >= 4 is 34.8 Å². The fourth-order valence-corrected chi connectivity index (χ4v) is 2.53. The van der Waals surface area contributed by atoms with Crippen LogP contribution in [0, 0.1) is 13.8 Å². The lowest BCUT2D eigenvalue weighted by atomic mass is 10.1. The van der Waals surface area contributed by atoms with Crippen LogP contribution in [0.1, 0.15) is 18.1 Å². The molecule has 1 amide bonds. The zero-order valence-corrected chi connectivity index (χ0v) is 15.5. The second-order valence-corrected chi connectivity index (χ2v) is 6.28. The first kappa shape index (κ1) is 18.4. The van der Waals surface area contributed by atoms with E-state index in [-0.39, 0.29) is 5.91 Å². The molecule has 0 spiro atoms. The monoisotopic (exact) mass is 367 g/mol. The van der Waals surface area contributed by atoms with E-state index in [1.165, 1.54) is 7.11 Å². The van der Waals surface area contributed by atoms with E-state index < -0.39 is 6.10 Å². The Kier molecular flexibility index (Phi) is 5.97. The average molecular weight is 368 g/mol. The summed E-state index contributed by atoms with van der Waals surface area (Å²) in [4.78, 5) is 12.4. The van der Waals surface area contributed by atoms with Crippen LogP contribution in [-0.2, 0) is 4.79 Å². The number of carbonyl (C=O) groups is 1. The van der Waals surface area contributed by atoms with Gasteiger partial charge in [-0.05, 0) is 62.2 Å². The lowest BCUT2D eigenvalue weighted by Gasteiger charge is -2.17. The van der Waals surface area contributed by atoms with Gasteiger partial charge in [0.15, 0.2) is 6.10 Å². The van der Waals surface area contributed by atoms with Gasteiger partial charge in [-0.25, -0.2) is 0 Å². The highest BCUT2D eigenvalue weighted by Crippen LogP contribution is 2.29. The normalized spacial score (nSPS) is 11.8. The highest BCUT2D eigenvalue weighted by atomic mass is 35.5. The Hall–Kier alpha value is -1.91. The van der Waals surface area contributed by atoms with Crippen molar-refractivity contribution in [1.82, 2.24) is 0 Å². The third-order valence-electron chi connectivity index (χ3n) is 3.51. The number of anilines is 1. The van der Waals surface area contributed by atoms with Crippen molar-refractivity contribution in [2.75, 3.05) is 12.4 Å².